The number of rotatable bonds is 4. The van der Waals surface area contributed by atoms with Gasteiger partial charge in [0.1, 0.15) is 6.54 Å². The molecule has 0 bridgehead atoms. The molecule has 1 aliphatic rings. The first kappa shape index (κ1) is 11.5. The van der Waals surface area contributed by atoms with Gasteiger partial charge in [0.2, 0.25) is 0 Å². The van der Waals surface area contributed by atoms with Crippen molar-refractivity contribution in [2.24, 2.45) is 5.92 Å². The highest BCUT2D eigenvalue weighted by atomic mass is 16.1. The van der Waals surface area contributed by atoms with E-state index >= 15 is 0 Å². The molecular formula is C15H16NO+. The van der Waals surface area contributed by atoms with Crippen LogP contribution in [0.4, 0.5) is 0 Å². The smallest absolute Gasteiger partial charge is 0.191 e. The van der Waals surface area contributed by atoms with E-state index in [0.29, 0.717) is 0 Å². The highest BCUT2D eigenvalue weighted by Gasteiger charge is 2.07. The van der Waals surface area contributed by atoms with E-state index in [1.807, 2.05) is 47.3 Å². The van der Waals surface area contributed by atoms with Gasteiger partial charge in [-0.05, 0) is 19.1 Å². The molecule has 1 aromatic rings. The van der Waals surface area contributed by atoms with E-state index in [-0.39, 0.29) is 11.7 Å². The largest absolute Gasteiger partial charge is 0.289 e. The van der Waals surface area contributed by atoms with E-state index in [4.69, 9.17) is 0 Å². The lowest BCUT2D eigenvalue weighted by Crippen LogP contribution is -2.31. The maximum absolute atomic E-state index is 11.9. The molecule has 0 spiro atoms. The zero-order valence-electron chi connectivity index (χ0n) is 9.91. The molecule has 0 saturated carbocycles. The average Bonchev–Trinajstić information content (AvgIpc) is 2.89. The zero-order chi connectivity index (χ0) is 12.1. The van der Waals surface area contributed by atoms with Gasteiger partial charge in [-0.1, -0.05) is 30.4 Å². The van der Waals surface area contributed by atoms with E-state index in [0.717, 1.165) is 12.1 Å². The Morgan fingerprint density at radius 1 is 1.41 bits per heavy atom. The quantitative estimate of drug-likeness (QED) is 0.439. The second-order valence-electron chi connectivity index (χ2n) is 3.99. The summed E-state index contributed by atoms with van der Waals surface area (Å²) in [6, 6.07) is 3.75. The third kappa shape index (κ3) is 3.00. The normalized spacial score (nSPS) is 14.9. The van der Waals surface area contributed by atoms with E-state index in [2.05, 4.69) is 19.1 Å². The molecule has 0 atom stereocenters. The van der Waals surface area contributed by atoms with E-state index in [1.54, 1.807) is 6.08 Å². The van der Waals surface area contributed by atoms with Gasteiger partial charge in [0.25, 0.3) is 0 Å². The van der Waals surface area contributed by atoms with E-state index < -0.39 is 0 Å². The first-order valence-corrected chi connectivity index (χ1v) is 5.86. The minimum Gasteiger partial charge on any atom is -0.289 e. The minimum absolute atomic E-state index is 0.0569. The van der Waals surface area contributed by atoms with Crippen molar-refractivity contribution in [1.29, 1.82) is 0 Å². The van der Waals surface area contributed by atoms with Gasteiger partial charge in [-0.2, -0.15) is 0 Å². The molecule has 1 heterocycles. The molecule has 1 aromatic heterocycles. The van der Waals surface area contributed by atoms with Crippen molar-refractivity contribution in [1.82, 2.24) is 0 Å². The Bertz CT molecular complexity index is 485. The third-order valence-corrected chi connectivity index (χ3v) is 2.76. The van der Waals surface area contributed by atoms with Gasteiger partial charge in [0.05, 0.1) is 5.56 Å². The lowest BCUT2D eigenvalue weighted by Gasteiger charge is -1.97. The van der Waals surface area contributed by atoms with E-state index in [1.165, 1.54) is 0 Å². The van der Waals surface area contributed by atoms with Crippen molar-refractivity contribution in [3.05, 3.63) is 66.5 Å². The molecule has 2 nitrogen and oxygen atoms in total. The van der Waals surface area contributed by atoms with Crippen LogP contribution in [0.1, 0.15) is 17.3 Å². The lowest BCUT2D eigenvalue weighted by atomic mass is 10.1. The van der Waals surface area contributed by atoms with Crippen molar-refractivity contribution in [3.8, 4) is 0 Å². The first-order valence-electron chi connectivity index (χ1n) is 5.86. The number of aromatic nitrogens is 1. The highest BCUT2D eigenvalue weighted by molar-refractivity contribution is 6.04. The standard InChI is InChI=1S/C15H16NO/c1-2-16-11-5-8-14(12-16)15(17)10-9-13-6-3-4-7-13/h3-13H,2H2,1H3/q+1/b10-9+. The van der Waals surface area contributed by atoms with Gasteiger partial charge < -0.3 is 0 Å². The summed E-state index contributed by atoms with van der Waals surface area (Å²) in [6.45, 7) is 2.93. The van der Waals surface area contributed by atoms with Crippen LogP contribution < -0.4 is 4.57 Å². The van der Waals surface area contributed by atoms with Crippen molar-refractivity contribution >= 4 is 5.78 Å². The number of pyridine rings is 1. The van der Waals surface area contributed by atoms with Crippen LogP contribution in [0.5, 0.6) is 0 Å². The molecule has 0 saturated heterocycles. The summed E-state index contributed by atoms with van der Waals surface area (Å²) in [6.07, 6.45) is 15.5. The Kier molecular flexibility index (Phi) is 3.66. The van der Waals surface area contributed by atoms with Crippen LogP contribution in [0.15, 0.2) is 61.0 Å². The molecule has 0 aliphatic heterocycles. The molecule has 0 N–H and O–H groups in total. The van der Waals surface area contributed by atoms with Crippen LogP contribution in [-0.2, 0) is 6.54 Å². The van der Waals surface area contributed by atoms with Crippen LogP contribution in [0.25, 0.3) is 0 Å². The maximum Gasteiger partial charge on any atom is 0.191 e. The fourth-order valence-corrected chi connectivity index (χ4v) is 1.74. The molecule has 0 amide bonds. The molecule has 0 fully saturated rings. The first-order chi connectivity index (χ1) is 8.29. The number of allylic oxidation sites excluding steroid dienone is 6. The van der Waals surface area contributed by atoms with Gasteiger partial charge in [-0.25, -0.2) is 4.57 Å². The number of nitrogens with zero attached hydrogens (tertiary/aromatic N) is 1. The third-order valence-electron chi connectivity index (χ3n) is 2.76. The molecule has 0 unspecified atom stereocenters. The SMILES string of the molecule is CC[n+]1cccc(C(=O)/C=C/C2C=CC=C2)c1. The van der Waals surface area contributed by atoms with Gasteiger partial charge >= 0.3 is 0 Å². The lowest BCUT2D eigenvalue weighted by molar-refractivity contribution is -0.693. The van der Waals surface area contributed by atoms with Crippen LogP contribution in [0.2, 0.25) is 0 Å². The molecular weight excluding hydrogens is 210 g/mol. The van der Waals surface area contributed by atoms with Gasteiger partial charge in [-0.15, -0.1) is 0 Å². The molecule has 1 aliphatic carbocycles. The predicted molar refractivity (Wildman–Crippen MR) is 67.6 cm³/mol. The summed E-state index contributed by atoms with van der Waals surface area (Å²) in [4.78, 5) is 11.9. The molecule has 2 rings (SSSR count). The fraction of sp³-hybridized carbons (Fsp3) is 0.200. The molecule has 2 heteroatoms. The maximum atomic E-state index is 11.9. The number of ketones is 1. The Morgan fingerprint density at radius 3 is 2.88 bits per heavy atom. The molecule has 0 radical (unpaired) electrons. The van der Waals surface area contributed by atoms with Crippen LogP contribution in [0, 0.1) is 5.92 Å². The monoisotopic (exact) mass is 226 g/mol. The summed E-state index contributed by atoms with van der Waals surface area (Å²) >= 11 is 0. The van der Waals surface area contributed by atoms with Gasteiger partial charge in [0, 0.05) is 12.0 Å². The summed E-state index contributed by atoms with van der Waals surface area (Å²) in [5.41, 5.74) is 0.733. The minimum atomic E-state index is 0.0569. The highest BCUT2D eigenvalue weighted by Crippen LogP contribution is 2.10. The van der Waals surface area contributed by atoms with Gasteiger partial charge in [0.15, 0.2) is 18.2 Å². The Hall–Kier alpha value is -1.96. The van der Waals surface area contributed by atoms with E-state index in [9.17, 15) is 4.79 Å². The predicted octanol–water partition coefficient (Wildman–Crippen LogP) is 2.48. The number of carbonyl (C=O) groups excluding carboxylic acids is 1. The summed E-state index contributed by atoms with van der Waals surface area (Å²) in [5.74, 6) is 0.322. The van der Waals surface area contributed by atoms with Crippen LogP contribution >= 0.6 is 0 Å². The fourth-order valence-electron chi connectivity index (χ4n) is 1.74. The molecule has 0 aromatic carbocycles. The van der Waals surface area contributed by atoms with Crippen LogP contribution in [0.3, 0.4) is 0 Å². The second-order valence-corrected chi connectivity index (χ2v) is 3.99. The molecule has 86 valence electrons. The summed E-state index contributed by atoms with van der Waals surface area (Å²) < 4.78 is 2.00. The number of carbonyl (C=O) groups is 1. The van der Waals surface area contributed by atoms with Gasteiger partial charge in [-0.3, -0.25) is 4.79 Å². The zero-order valence-corrected chi connectivity index (χ0v) is 9.91. The average molecular weight is 226 g/mol. The topological polar surface area (TPSA) is 20.9 Å². The number of hydrogen-bond acceptors (Lipinski definition) is 1. The van der Waals surface area contributed by atoms with Crippen LogP contribution in [-0.4, -0.2) is 5.78 Å². The van der Waals surface area contributed by atoms with Crippen molar-refractivity contribution in [2.75, 3.05) is 0 Å². The summed E-state index contributed by atoms with van der Waals surface area (Å²) in [7, 11) is 0. The van der Waals surface area contributed by atoms with Crippen molar-refractivity contribution in [3.63, 3.8) is 0 Å². The summed E-state index contributed by atoms with van der Waals surface area (Å²) in [5, 5.41) is 0. The number of aryl methyl sites for hydroxylation is 1. The Balaban J connectivity index is 2.08. The number of hydrogen-bond donors (Lipinski definition) is 0. The van der Waals surface area contributed by atoms with Crippen molar-refractivity contribution in [2.45, 2.75) is 13.5 Å². The van der Waals surface area contributed by atoms with Crippen molar-refractivity contribution < 1.29 is 9.36 Å². The Morgan fingerprint density at radius 2 is 2.18 bits per heavy atom. The second kappa shape index (κ2) is 5.39. The molecule has 17 heavy (non-hydrogen) atoms. The Labute approximate surface area is 102 Å².